The predicted molar refractivity (Wildman–Crippen MR) is 91.2 cm³/mol. The van der Waals surface area contributed by atoms with Crippen LogP contribution in [0.4, 0.5) is 0 Å². The van der Waals surface area contributed by atoms with Crippen LogP contribution in [0.3, 0.4) is 0 Å². The lowest BCUT2D eigenvalue weighted by Crippen LogP contribution is -2.46. The van der Waals surface area contributed by atoms with Crippen LogP contribution in [-0.2, 0) is 22.3 Å². The maximum Gasteiger partial charge on any atom is 0.119 e. The predicted octanol–water partition coefficient (Wildman–Crippen LogP) is 2.68. The lowest BCUT2D eigenvalue weighted by molar-refractivity contribution is -0.0734. The van der Waals surface area contributed by atoms with Crippen LogP contribution in [0.25, 0.3) is 0 Å². The third-order valence-corrected chi connectivity index (χ3v) is 4.61. The summed E-state index contributed by atoms with van der Waals surface area (Å²) in [6, 6.07) is 6.48. The van der Waals surface area contributed by atoms with Crippen molar-refractivity contribution in [1.82, 2.24) is 4.90 Å². The molecule has 1 saturated heterocycles. The average Bonchev–Trinajstić information content (AvgIpc) is 2.97. The van der Waals surface area contributed by atoms with E-state index in [-0.39, 0.29) is 0 Å². The van der Waals surface area contributed by atoms with Gasteiger partial charge in [-0.1, -0.05) is 6.07 Å². The van der Waals surface area contributed by atoms with Crippen LogP contribution in [0.1, 0.15) is 31.4 Å². The fourth-order valence-electron chi connectivity index (χ4n) is 3.62. The normalized spacial score (nSPS) is 24.6. The van der Waals surface area contributed by atoms with E-state index in [1.54, 1.807) is 0 Å². The summed E-state index contributed by atoms with van der Waals surface area (Å²) in [6.07, 6.45) is 4.33. The number of hydrogen-bond donors (Lipinski definition) is 0. The number of fused-ring (bicyclic) bond motifs is 1. The minimum atomic E-state index is 0.321. The molecule has 0 aromatic heterocycles. The van der Waals surface area contributed by atoms with Crippen molar-refractivity contribution in [2.45, 2.75) is 45.3 Å². The smallest absolute Gasteiger partial charge is 0.119 e. The van der Waals surface area contributed by atoms with Crippen molar-refractivity contribution in [3.63, 3.8) is 0 Å². The van der Waals surface area contributed by atoms with Gasteiger partial charge in [0, 0.05) is 19.6 Å². The van der Waals surface area contributed by atoms with Gasteiger partial charge in [0.1, 0.15) is 12.4 Å². The molecular formula is C19H29NO3. The summed E-state index contributed by atoms with van der Waals surface area (Å²) < 4.78 is 17.3. The van der Waals surface area contributed by atoms with Crippen LogP contribution in [0, 0.1) is 0 Å². The van der Waals surface area contributed by atoms with Gasteiger partial charge in [-0.05, 0) is 56.4 Å². The lowest BCUT2D eigenvalue weighted by Gasteiger charge is -2.35. The summed E-state index contributed by atoms with van der Waals surface area (Å²) in [6.45, 7) is 9.26. The second kappa shape index (κ2) is 8.13. The van der Waals surface area contributed by atoms with Crippen molar-refractivity contribution in [3.8, 4) is 5.75 Å². The Balaban J connectivity index is 1.28. The maximum atomic E-state index is 5.80. The monoisotopic (exact) mass is 319 g/mol. The summed E-state index contributed by atoms with van der Waals surface area (Å²) in [5.74, 6) is 0.977. The number of hydrogen-bond acceptors (Lipinski definition) is 4. The zero-order valence-corrected chi connectivity index (χ0v) is 14.4. The first-order valence-electron chi connectivity index (χ1n) is 8.91. The molecular weight excluding hydrogens is 290 g/mol. The first kappa shape index (κ1) is 16.7. The first-order chi connectivity index (χ1) is 11.2. The molecule has 1 aromatic carbocycles. The Kier molecular flexibility index (Phi) is 5.92. The van der Waals surface area contributed by atoms with Crippen LogP contribution in [0.15, 0.2) is 18.2 Å². The number of aryl methyl sites for hydroxylation is 2. The van der Waals surface area contributed by atoms with Crippen LogP contribution in [-0.4, -0.2) is 56.6 Å². The Labute approximate surface area is 139 Å². The van der Waals surface area contributed by atoms with Crippen LogP contribution >= 0.6 is 0 Å². The molecule has 1 heterocycles. The second-order valence-corrected chi connectivity index (χ2v) is 6.76. The van der Waals surface area contributed by atoms with Gasteiger partial charge >= 0.3 is 0 Å². The molecule has 0 spiro atoms. The summed E-state index contributed by atoms with van der Waals surface area (Å²) in [5.41, 5.74) is 2.95. The zero-order valence-electron chi connectivity index (χ0n) is 14.4. The number of benzene rings is 1. The van der Waals surface area contributed by atoms with Gasteiger partial charge < -0.3 is 14.2 Å². The van der Waals surface area contributed by atoms with Gasteiger partial charge in [0.25, 0.3) is 0 Å². The number of nitrogens with zero attached hydrogens (tertiary/aromatic N) is 1. The van der Waals surface area contributed by atoms with Gasteiger partial charge in [-0.2, -0.15) is 0 Å². The summed E-state index contributed by atoms with van der Waals surface area (Å²) >= 11 is 0. The third-order valence-electron chi connectivity index (χ3n) is 4.61. The largest absolute Gasteiger partial charge is 0.491 e. The molecule has 4 nitrogen and oxygen atoms in total. The topological polar surface area (TPSA) is 30.9 Å². The van der Waals surface area contributed by atoms with E-state index in [0.717, 1.165) is 32.0 Å². The van der Waals surface area contributed by atoms with Gasteiger partial charge in [0.2, 0.25) is 0 Å². The van der Waals surface area contributed by atoms with E-state index >= 15 is 0 Å². The minimum Gasteiger partial charge on any atom is -0.491 e. The van der Waals surface area contributed by atoms with Crippen molar-refractivity contribution in [1.29, 1.82) is 0 Å². The van der Waals surface area contributed by atoms with Crippen molar-refractivity contribution in [2.24, 2.45) is 0 Å². The second-order valence-electron chi connectivity index (χ2n) is 6.76. The van der Waals surface area contributed by atoms with E-state index in [4.69, 9.17) is 14.2 Å². The van der Waals surface area contributed by atoms with Crippen molar-refractivity contribution >= 4 is 0 Å². The van der Waals surface area contributed by atoms with Gasteiger partial charge in [-0.15, -0.1) is 0 Å². The van der Waals surface area contributed by atoms with Gasteiger partial charge in [-0.3, -0.25) is 4.90 Å². The van der Waals surface area contributed by atoms with Crippen molar-refractivity contribution < 1.29 is 14.2 Å². The molecule has 0 N–H and O–H groups in total. The highest BCUT2D eigenvalue weighted by Gasteiger charge is 2.21. The number of morpholine rings is 1. The van der Waals surface area contributed by atoms with E-state index < -0.39 is 0 Å². The fourth-order valence-corrected chi connectivity index (χ4v) is 3.62. The molecule has 1 aliphatic heterocycles. The van der Waals surface area contributed by atoms with Gasteiger partial charge in [0.05, 0.1) is 25.4 Å². The van der Waals surface area contributed by atoms with Gasteiger partial charge in [-0.25, -0.2) is 0 Å². The molecule has 1 aromatic rings. The van der Waals surface area contributed by atoms with Crippen LogP contribution < -0.4 is 4.74 Å². The minimum absolute atomic E-state index is 0.321. The summed E-state index contributed by atoms with van der Waals surface area (Å²) in [7, 11) is 0. The Morgan fingerprint density at radius 3 is 2.65 bits per heavy atom. The molecule has 4 heteroatoms. The molecule has 0 saturated carbocycles. The Morgan fingerprint density at radius 2 is 1.83 bits per heavy atom. The molecule has 0 bridgehead atoms. The van der Waals surface area contributed by atoms with Crippen molar-refractivity contribution in [2.75, 3.05) is 39.5 Å². The Hall–Kier alpha value is -1.10. The molecule has 2 atom stereocenters. The quantitative estimate of drug-likeness (QED) is 0.723. The Bertz CT molecular complexity index is 495. The average molecular weight is 319 g/mol. The molecule has 2 aliphatic rings. The van der Waals surface area contributed by atoms with Crippen molar-refractivity contribution in [3.05, 3.63) is 29.3 Å². The molecule has 128 valence electrons. The maximum absolute atomic E-state index is 5.80. The van der Waals surface area contributed by atoms with Gasteiger partial charge in [0.15, 0.2) is 0 Å². The molecule has 1 fully saturated rings. The van der Waals surface area contributed by atoms with Crippen LogP contribution in [0.5, 0.6) is 5.75 Å². The standard InChI is InChI=1S/C19H29NO3/c1-15-13-20(14-16(2)23-15)8-9-21-10-11-22-19-7-6-17-4-3-5-18(17)12-19/h6-7,12,15-16H,3-5,8-11,13-14H2,1-2H3. The van der Waals surface area contributed by atoms with E-state index in [1.165, 1.54) is 30.4 Å². The fraction of sp³-hybridized carbons (Fsp3) is 0.684. The molecule has 1 aliphatic carbocycles. The third kappa shape index (κ3) is 4.93. The SMILES string of the molecule is CC1CN(CCOCCOc2ccc3c(c2)CCC3)CC(C)O1. The highest BCUT2D eigenvalue weighted by atomic mass is 16.5. The number of rotatable bonds is 7. The lowest BCUT2D eigenvalue weighted by atomic mass is 10.1. The summed E-state index contributed by atoms with van der Waals surface area (Å²) in [5, 5.41) is 0. The van der Waals surface area contributed by atoms with Crippen LogP contribution in [0.2, 0.25) is 0 Å². The highest BCUT2D eigenvalue weighted by molar-refractivity contribution is 5.38. The summed E-state index contributed by atoms with van der Waals surface area (Å²) in [4.78, 5) is 2.42. The Morgan fingerprint density at radius 1 is 1.04 bits per heavy atom. The molecule has 0 amide bonds. The molecule has 3 rings (SSSR count). The van der Waals surface area contributed by atoms with E-state index in [2.05, 4.69) is 36.9 Å². The molecule has 23 heavy (non-hydrogen) atoms. The molecule has 2 unspecified atom stereocenters. The van der Waals surface area contributed by atoms with E-state index in [0.29, 0.717) is 25.4 Å². The number of ether oxygens (including phenoxy) is 3. The molecule has 0 radical (unpaired) electrons. The van der Waals surface area contributed by atoms with E-state index in [9.17, 15) is 0 Å². The zero-order chi connectivity index (χ0) is 16.1. The van der Waals surface area contributed by atoms with E-state index in [1.807, 2.05) is 0 Å². The first-order valence-corrected chi connectivity index (χ1v) is 8.91. The highest BCUT2D eigenvalue weighted by Crippen LogP contribution is 2.25.